The largest absolute Gasteiger partial charge is 0.487 e. The van der Waals surface area contributed by atoms with Gasteiger partial charge in [0.1, 0.15) is 35.9 Å². The number of nitrogens with zero attached hydrogens (tertiary/aromatic N) is 2. The maximum atomic E-state index is 12.3. The Hall–Kier alpha value is -4.08. The van der Waals surface area contributed by atoms with Gasteiger partial charge in [-0.15, -0.1) is 0 Å². The van der Waals surface area contributed by atoms with Gasteiger partial charge in [0, 0.05) is 42.1 Å². The molecule has 4 aromatic carbocycles. The van der Waals surface area contributed by atoms with Crippen LogP contribution in [-0.2, 0) is 22.7 Å². The van der Waals surface area contributed by atoms with Gasteiger partial charge in [0.05, 0.1) is 10.0 Å². The number of hydrogen-bond acceptors (Lipinski definition) is 6. The van der Waals surface area contributed by atoms with Crippen LogP contribution in [0.25, 0.3) is 5.57 Å². The highest BCUT2D eigenvalue weighted by Gasteiger charge is 2.31. The highest BCUT2D eigenvalue weighted by Crippen LogP contribution is 2.32. The molecule has 0 spiro atoms. The van der Waals surface area contributed by atoms with Gasteiger partial charge in [-0.3, -0.25) is 0 Å². The fourth-order valence-corrected chi connectivity index (χ4v) is 6.98. The Kier molecular flexibility index (Phi) is 14.5. The molecule has 2 heterocycles. The molecule has 1 unspecified atom stereocenters. The number of rotatable bonds is 8. The molecule has 0 aliphatic carbocycles. The third kappa shape index (κ3) is 13.0. The molecule has 56 heavy (non-hydrogen) atoms. The number of carbonyl (C=O) groups excluding carboxylic acids is 2. The lowest BCUT2D eigenvalue weighted by Gasteiger charge is -2.24. The summed E-state index contributed by atoms with van der Waals surface area (Å²) >= 11 is 24.2. The van der Waals surface area contributed by atoms with Crippen molar-refractivity contribution < 1.29 is 28.5 Å². The zero-order valence-electron chi connectivity index (χ0n) is 32.5. The van der Waals surface area contributed by atoms with E-state index in [1.165, 1.54) is 5.56 Å². The standard InChI is InChI=1S/C22H25Cl2NO3.C22H23Cl2NO3/c2*1-22(2,3)28-21(26)25-10-9-17(13-25)16-6-4-5-15(11-16)14-27-20-8-7-18(23)12-19(20)24/h4-8,11-12,17H,9-10,13-14H2,1-3H3;4-9,11-12H,10,13-14H2,1-3H3. The van der Waals surface area contributed by atoms with Crippen molar-refractivity contribution in [3.63, 3.8) is 0 Å². The van der Waals surface area contributed by atoms with E-state index in [4.69, 9.17) is 65.4 Å². The molecule has 2 amide bonds. The summed E-state index contributed by atoms with van der Waals surface area (Å²) in [5, 5.41) is 2.12. The minimum Gasteiger partial charge on any atom is -0.487 e. The molecule has 1 saturated heterocycles. The van der Waals surface area contributed by atoms with E-state index in [0.29, 0.717) is 76.9 Å². The molecular formula is C44H48Cl4N2O6. The summed E-state index contributed by atoms with van der Waals surface area (Å²) in [7, 11) is 0. The van der Waals surface area contributed by atoms with Crippen LogP contribution < -0.4 is 9.47 Å². The summed E-state index contributed by atoms with van der Waals surface area (Å²) in [6, 6.07) is 26.7. The molecule has 298 valence electrons. The van der Waals surface area contributed by atoms with Crippen molar-refractivity contribution in [1.82, 2.24) is 9.80 Å². The first-order valence-electron chi connectivity index (χ1n) is 18.4. The van der Waals surface area contributed by atoms with Crippen molar-refractivity contribution >= 4 is 64.2 Å². The van der Waals surface area contributed by atoms with Crippen LogP contribution in [0.2, 0.25) is 20.1 Å². The Bertz CT molecular complexity index is 2010. The predicted octanol–water partition coefficient (Wildman–Crippen LogP) is 12.5. The molecule has 0 saturated carbocycles. The quantitative estimate of drug-likeness (QED) is 0.176. The van der Waals surface area contributed by atoms with Gasteiger partial charge < -0.3 is 28.7 Å². The van der Waals surface area contributed by atoms with Crippen molar-refractivity contribution in [2.24, 2.45) is 0 Å². The summed E-state index contributed by atoms with van der Waals surface area (Å²) in [5.41, 5.74) is 4.45. The zero-order valence-corrected chi connectivity index (χ0v) is 35.6. The number of amides is 2. The van der Waals surface area contributed by atoms with Crippen molar-refractivity contribution in [1.29, 1.82) is 0 Å². The molecule has 12 heteroatoms. The van der Waals surface area contributed by atoms with Gasteiger partial charge in [0.25, 0.3) is 0 Å². The van der Waals surface area contributed by atoms with Crippen molar-refractivity contribution in [2.45, 2.75) is 78.3 Å². The van der Waals surface area contributed by atoms with Crippen molar-refractivity contribution in [3.8, 4) is 11.5 Å². The van der Waals surface area contributed by atoms with Crippen LogP contribution in [-0.4, -0.2) is 59.4 Å². The number of carbonyl (C=O) groups is 2. The lowest BCUT2D eigenvalue weighted by atomic mass is 9.97. The molecule has 0 radical (unpaired) electrons. The van der Waals surface area contributed by atoms with E-state index in [1.807, 2.05) is 71.9 Å². The van der Waals surface area contributed by atoms with E-state index < -0.39 is 11.2 Å². The van der Waals surface area contributed by atoms with Crippen LogP contribution in [0.5, 0.6) is 11.5 Å². The lowest BCUT2D eigenvalue weighted by molar-refractivity contribution is 0.0287. The fraction of sp³-hybridized carbons (Fsp3) is 0.364. The highest BCUT2D eigenvalue weighted by molar-refractivity contribution is 6.36. The van der Waals surface area contributed by atoms with Gasteiger partial charge >= 0.3 is 12.2 Å². The molecule has 6 rings (SSSR count). The lowest BCUT2D eigenvalue weighted by Crippen LogP contribution is -2.35. The molecule has 2 aliphatic rings. The topological polar surface area (TPSA) is 77.5 Å². The van der Waals surface area contributed by atoms with E-state index in [-0.39, 0.29) is 12.2 Å². The first-order chi connectivity index (χ1) is 26.4. The Labute approximate surface area is 350 Å². The van der Waals surface area contributed by atoms with E-state index in [2.05, 4.69) is 24.3 Å². The van der Waals surface area contributed by atoms with Crippen molar-refractivity contribution in [3.05, 3.63) is 133 Å². The number of hydrogen-bond donors (Lipinski definition) is 0. The fourth-order valence-electron chi connectivity index (χ4n) is 6.06. The number of likely N-dealkylation sites (tertiary alicyclic amines) is 1. The molecule has 1 atom stereocenters. The second-order valence-electron chi connectivity index (χ2n) is 15.7. The summed E-state index contributed by atoms with van der Waals surface area (Å²) in [6.45, 7) is 14.5. The third-order valence-corrected chi connectivity index (χ3v) is 9.77. The van der Waals surface area contributed by atoms with E-state index in [0.717, 1.165) is 28.7 Å². The molecule has 0 aromatic heterocycles. The number of ether oxygens (including phenoxy) is 4. The minimum absolute atomic E-state index is 0.244. The monoisotopic (exact) mass is 840 g/mol. The molecule has 0 bridgehead atoms. The first-order valence-corrected chi connectivity index (χ1v) is 19.9. The van der Waals surface area contributed by atoms with Gasteiger partial charge in [0.2, 0.25) is 0 Å². The van der Waals surface area contributed by atoms with Gasteiger partial charge in [-0.05, 0) is 118 Å². The molecule has 4 aromatic rings. The Morgan fingerprint density at radius 1 is 0.679 bits per heavy atom. The summed E-state index contributed by atoms with van der Waals surface area (Å²) in [5.74, 6) is 1.49. The third-order valence-electron chi connectivity index (χ3n) is 8.71. The zero-order chi connectivity index (χ0) is 40.6. The van der Waals surface area contributed by atoms with Crippen LogP contribution in [0, 0.1) is 0 Å². The van der Waals surface area contributed by atoms with Gasteiger partial charge in [-0.2, -0.15) is 0 Å². The molecule has 8 nitrogen and oxygen atoms in total. The number of halogens is 4. The van der Waals surface area contributed by atoms with E-state index in [1.54, 1.807) is 46.2 Å². The summed E-state index contributed by atoms with van der Waals surface area (Å²) < 4.78 is 22.6. The molecule has 0 N–H and O–H groups in total. The first kappa shape index (κ1) is 43.1. The molecular weight excluding hydrogens is 794 g/mol. The summed E-state index contributed by atoms with van der Waals surface area (Å²) in [4.78, 5) is 28.0. The molecule has 1 fully saturated rings. The Morgan fingerprint density at radius 2 is 1.21 bits per heavy atom. The van der Waals surface area contributed by atoms with Crippen molar-refractivity contribution in [2.75, 3.05) is 26.2 Å². The Morgan fingerprint density at radius 3 is 1.77 bits per heavy atom. The highest BCUT2D eigenvalue weighted by atomic mass is 35.5. The average molecular weight is 843 g/mol. The second-order valence-corrected chi connectivity index (χ2v) is 17.4. The normalized spacial score (nSPS) is 15.5. The van der Waals surface area contributed by atoms with Gasteiger partial charge in [0.15, 0.2) is 0 Å². The second kappa shape index (κ2) is 18.9. The smallest absolute Gasteiger partial charge is 0.410 e. The predicted molar refractivity (Wildman–Crippen MR) is 225 cm³/mol. The minimum atomic E-state index is -0.500. The summed E-state index contributed by atoms with van der Waals surface area (Å²) in [6.07, 6.45) is 2.44. The maximum Gasteiger partial charge on any atom is 0.410 e. The van der Waals surface area contributed by atoms with Gasteiger partial charge in [-0.25, -0.2) is 9.59 Å². The van der Waals surface area contributed by atoms with Gasteiger partial charge in [-0.1, -0.05) is 94.9 Å². The van der Waals surface area contributed by atoms with Crippen LogP contribution in [0.3, 0.4) is 0 Å². The van der Waals surface area contributed by atoms with E-state index in [9.17, 15) is 9.59 Å². The number of benzene rings is 4. The average Bonchev–Trinajstić information content (AvgIpc) is 3.82. The SMILES string of the molecule is CC(C)(C)OC(=O)N1CC=C(c2cccc(COc3ccc(Cl)cc3Cl)c2)C1.CC(C)(C)OC(=O)N1CCC(c2cccc(COc3ccc(Cl)cc3Cl)c2)C1. The maximum absolute atomic E-state index is 12.3. The van der Waals surface area contributed by atoms with Crippen LogP contribution in [0.4, 0.5) is 9.59 Å². The molecule has 2 aliphatic heterocycles. The Balaban J connectivity index is 0.000000214. The van der Waals surface area contributed by atoms with E-state index >= 15 is 0 Å². The van der Waals surface area contributed by atoms with Crippen LogP contribution in [0.1, 0.15) is 76.1 Å². The van der Waals surface area contributed by atoms with Crippen LogP contribution in [0.15, 0.2) is 91.0 Å². The van der Waals surface area contributed by atoms with Crippen LogP contribution >= 0.6 is 46.4 Å².